The normalized spacial score (nSPS) is 14.0. The Morgan fingerprint density at radius 3 is 2.11 bits per heavy atom. The predicted octanol–water partition coefficient (Wildman–Crippen LogP) is 5.79. The van der Waals surface area contributed by atoms with E-state index in [-0.39, 0.29) is 22.8 Å². The summed E-state index contributed by atoms with van der Waals surface area (Å²) in [7, 11) is 0. The summed E-state index contributed by atoms with van der Waals surface area (Å²) in [6, 6.07) is 11.0. The topological polar surface area (TPSA) is 29.1 Å². The van der Waals surface area contributed by atoms with Gasteiger partial charge in [0.2, 0.25) is 5.91 Å². The lowest BCUT2D eigenvalue weighted by Crippen LogP contribution is -2.48. The summed E-state index contributed by atoms with van der Waals surface area (Å²) in [6.07, 6.45) is 3.06. The van der Waals surface area contributed by atoms with E-state index in [0.717, 1.165) is 49.9 Å². The molecule has 0 aliphatic heterocycles. The minimum Gasteiger partial charge on any atom is -0.353 e. The smallest absolute Gasteiger partial charge is 0.225 e. The van der Waals surface area contributed by atoms with Crippen LogP contribution in [0.2, 0.25) is 0 Å². The average molecular weight is 390 g/mol. The van der Waals surface area contributed by atoms with Crippen LogP contribution in [0.3, 0.4) is 0 Å². The number of carbonyl (C=O) groups excluding carboxylic acids is 1. The minimum atomic E-state index is -0.327. The summed E-state index contributed by atoms with van der Waals surface area (Å²) in [5.74, 6) is 0.186. The molecular weight excluding hydrogens is 344 g/mol. The van der Waals surface area contributed by atoms with Crippen LogP contribution in [-0.4, -0.2) is 36.1 Å². The number of benzene rings is 1. The zero-order valence-electron chi connectivity index (χ0n) is 19.8. The molecule has 0 aliphatic carbocycles. The van der Waals surface area contributed by atoms with Crippen molar-refractivity contribution in [2.24, 2.45) is 10.8 Å². The molecule has 0 saturated carbocycles. The van der Waals surface area contributed by atoms with Crippen molar-refractivity contribution in [2.45, 2.75) is 87.2 Å². The monoisotopic (exact) mass is 389 g/mol. The van der Waals surface area contributed by atoms with Crippen molar-refractivity contribution in [1.82, 2.24) is 5.32 Å². The lowest BCUT2D eigenvalue weighted by molar-refractivity contribution is -0.938. The van der Waals surface area contributed by atoms with Gasteiger partial charge in [0.25, 0.3) is 0 Å². The van der Waals surface area contributed by atoms with Crippen molar-refractivity contribution >= 4 is 5.91 Å². The fraction of sp³-hybridized carbons (Fsp3) is 0.720. The van der Waals surface area contributed by atoms with Crippen LogP contribution in [0.1, 0.15) is 80.2 Å². The molecule has 0 radical (unpaired) electrons. The summed E-state index contributed by atoms with van der Waals surface area (Å²) < 4.78 is 1.11. The Labute approximate surface area is 174 Å². The fourth-order valence-electron chi connectivity index (χ4n) is 4.44. The molecule has 0 spiro atoms. The van der Waals surface area contributed by atoms with Gasteiger partial charge in [-0.05, 0) is 45.4 Å². The van der Waals surface area contributed by atoms with Gasteiger partial charge >= 0.3 is 0 Å². The minimum absolute atomic E-state index is 0.154. The largest absolute Gasteiger partial charge is 0.353 e. The molecule has 1 atom stereocenters. The van der Waals surface area contributed by atoms with Gasteiger partial charge < -0.3 is 9.80 Å². The highest BCUT2D eigenvalue weighted by Gasteiger charge is 2.33. The molecule has 1 N–H and O–H groups in total. The Hall–Kier alpha value is -1.35. The Morgan fingerprint density at radius 1 is 1.04 bits per heavy atom. The first-order valence-electron chi connectivity index (χ1n) is 11.1. The van der Waals surface area contributed by atoms with E-state index in [1.807, 2.05) is 0 Å². The third-order valence-corrected chi connectivity index (χ3v) is 5.94. The maximum atomic E-state index is 12.8. The van der Waals surface area contributed by atoms with Crippen LogP contribution in [-0.2, 0) is 11.3 Å². The molecule has 0 heterocycles. The molecule has 0 saturated heterocycles. The van der Waals surface area contributed by atoms with Gasteiger partial charge in [0.1, 0.15) is 6.54 Å². The standard InChI is InChI=1S/C25H44N2O/c1-9-27(10-2,19-22-16-12-11-13-17-22)18-14-15-21(3)26-23(28)25(7,8)20-24(4,5)6/h11-13,16-17,21H,9-10,14-15,18-20H2,1-8H3/p+1. The third kappa shape index (κ3) is 8.34. The molecule has 0 fully saturated rings. The lowest BCUT2D eigenvalue weighted by atomic mass is 9.75. The summed E-state index contributed by atoms with van der Waals surface area (Å²) in [6.45, 7) is 22.0. The van der Waals surface area contributed by atoms with Gasteiger partial charge in [0.15, 0.2) is 0 Å². The number of amides is 1. The molecule has 3 heteroatoms. The van der Waals surface area contributed by atoms with Crippen molar-refractivity contribution < 1.29 is 9.28 Å². The van der Waals surface area contributed by atoms with Gasteiger partial charge in [0.05, 0.1) is 19.6 Å². The molecule has 3 nitrogen and oxygen atoms in total. The van der Waals surface area contributed by atoms with Crippen LogP contribution in [0.4, 0.5) is 0 Å². The van der Waals surface area contributed by atoms with Crippen LogP contribution in [0, 0.1) is 10.8 Å². The summed E-state index contributed by atoms with van der Waals surface area (Å²) >= 11 is 0. The Bertz CT molecular complexity index is 582. The number of quaternary nitrogens is 1. The van der Waals surface area contributed by atoms with E-state index in [1.54, 1.807) is 0 Å². The first-order chi connectivity index (χ1) is 12.9. The zero-order valence-corrected chi connectivity index (χ0v) is 19.8. The molecule has 0 bridgehead atoms. The molecule has 0 aliphatic rings. The number of hydrogen-bond acceptors (Lipinski definition) is 1. The highest BCUT2D eigenvalue weighted by Crippen LogP contribution is 2.33. The van der Waals surface area contributed by atoms with Crippen molar-refractivity contribution in [3.63, 3.8) is 0 Å². The number of nitrogens with zero attached hydrogens (tertiary/aromatic N) is 1. The van der Waals surface area contributed by atoms with E-state index in [1.165, 1.54) is 5.56 Å². The number of carbonyl (C=O) groups is 1. The van der Waals surface area contributed by atoms with Crippen LogP contribution < -0.4 is 5.32 Å². The second-order valence-electron chi connectivity index (χ2n) is 10.5. The van der Waals surface area contributed by atoms with E-state index in [9.17, 15) is 4.79 Å². The first kappa shape index (κ1) is 24.7. The number of rotatable bonds is 11. The third-order valence-electron chi connectivity index (χ3n) is 5.94. The van der Waals surface area contributed by atoms with Crippen molar-refractivity contribution in [3.05, 3.63) is 35.9 Å². The van der Waals surface area contributed by atoms with E-state index in [4.69, 9.17) is 0 Å². The van der Waals surface area contributed by atoms with E-state index in [2.05, 4.69) is 91.0 Å². The van der Waals surface area contributed by atoms with E-state index >= 15 is 0 Å². The second-order valence-corrected chi connectivity index (χ2v) is 10.5. The first-order valence-corrected chi connectivity index (χ1v) is 11.1. The van der Waals surface area contributed by atoms with Crippen molar-refractivity contribution in [3.8, 4) is 0 Å². The van der Waals surface area contributed by atoms with Gasteiger partial charge in [-0.2, -0.15) is 0 Å². The van der Waals surface area contributed by atoms with Crippen molar-refractivity contribution in [2.75, 3.05) is 19.6 Å². The molecule has 28 heavy (non-hydrogen) atoms. The molecular formula is C25H45N2O+. The van der Waals surface area contributed by atoms with Crippen LogP contribution in [0.5, 0.6) is 0 Å². The molecule has 1 rings (SSSR count). The highest BCUT2D eigenvalue weighted by atomic mass is 16.2. The Morgan fingerprint density at radius 2 is 1.61 bits per heavy atom. The van der Waals surface area contributed by atoms with E-state index < -0.39 is 0 Å². The lowest BCUT2D eigenvalue weighted by Gasteiger charge is -2.37. The number of hydrogen-bond donors (Lipinski definition) is 1. The van der Waals surface area contributed by atoms with Crippen LogP contribution in [0.15, 0.2) is 30.3 Å². The van der Waals surface area contributed by atoms with Gasteiger partial charge in [-0.15, -0.1) is 0 Å². The Balaban J connectivity index is 2.56. The molecule has 1 unspecified atom stereocenters. The summed E-state index contributed by atoms with van der Waals surface area (Å²) in [4.78, 5) is 12.8. The second kappa shape index (κ2) is 10.4. The van der Waals surface area contributed by atoms with Gasteiger partial charge in [0, 0.05) is 17.0 Å². The molecule has 1 aromatic carbocycles. The average Bonchev–Trinajstić information content (AvgIpc) is 2.59. The van der Waals surface area contributed by atoms with Gasteiger partial charge in [-0.25, -0.2) is 0 Å². The van der Waals surface area contributed by atoms with Gasteiger partial charge in [-0.1, -0.05) is 65.0 Å². The van der Waals surface area contributed by atoms with Gasteiger partial charge in [-0.3, -0.25) is 4.79 Å². The maximum absolute atomic E-state index is 12.8. The molecule has 1 amide bonds. The fourth-order valence-corrected chi connectivity index (χ4v) is 4.44. The van der Waals surface area contributed by atoms with E-state index in [0.29, 0.717) is 0 Å². The maximum Gasteiger partial charge on any atom is 0.225 e. The summed E-state index contributed by atoms with van der Waals surface area (Å²) in [5, 5.41) is 3.27. The predicted molar refractivity (Wildman–Crippen MR) is 121 cm³/mol. The van der Waals surface area contributed by atoms with Crippen LogP contribution >= 0.6 is 0 Å². The van der Waals surface area contributed by atoms with Crippen molar-refractivity contribution in [1.29, 1.82) is 0 Å². The SMILES string of the molecule is CC[N+](CC)(CCCC(C)NC(=O)C(C)(C)CC(C)(C)C)Cc1ccccc1. The highest BCUT2D eigenvalue weighted by molar-refractivity contribution is 5.82. The quantitative estimate of drug-likeness (QED) is 0.477. The molecule has 0 aromatic heterocycles. The van der Waals surface area contributed by atoms with Crippen LogP contribution in [0.25, 0.3) is 0 Å². The molecule has 1 aromatic rings. The Kier molecular flexibility index (Phi) is 9.20. The molecule has 160 valence electrons. The summed E-state index contributed by atoms with van der Waals surface area (Å²) in [5.41, 5.74) is 1.24. The zero-order chi connectivity index (χ0) is 21.4. The number of nitrogens with one attached hydrogen (secondary N) is 1.